The summed E-state index contributed by atoms with van der Waals surface area (Å²) in [4.78, 5) is 16.8. The molecule has 3 aromatic rings. The van der Waals surface area contributed by atoms with Gasteiger partial charge in [-0.1, -0.05) is 29.8 Å². The van der Waals surface area contributed by atoms with Crippen molar-refractivity contribution in [3.05, 3.63) is 70.7 Å². The van der Waals surface area contributed by atoms with E-state index in [-0.39, 0.29) is 5.91 Å². The molecule has 0 fully saturated rings. The second-order valence-corrected chi connectivity index (χ2v) is 6.57. The van der Waals surface area contributed by atoms with Gasteiger partial charge in [0.15, 0.2) is 0 Å². The van der Waals surface area contributed by atoms with Gasteiger partial charge >= 0.3 is 0 Å². The van der Waals surface area contributed by atoms with Crippen LogP contribution < -0.4 is 10.1 Å². The fourth-order valence-corrected chi connectivity index (χ4v) is 3.36. The highest BCUT2D eigenvalue weighted by molar-refractivity contribution is 7.13. The molecule has 1 heterocycles. The highest BCUT2D eigenvalue weighted by Crippen LogP contribution is 2.31. The molecular formula is C20H20N2O2S. The Bertz CT molecular complexity index is 856. The molecule has 0 radical (unpaired) electrons. The van der Waals surface area contributed by atoms with Crippen molar-refractivity contribution in [2.24, 2.45) is 0 Å². The molecule has 0 aliphatic heterocycles. The van der Waals surface area contributed by atoms with E-state index < -0.39 is 0 Å². The fraction of sp³-hybridized carbons (Fsp3) is 0.200. The van der Waals surface area contributed by atoms with Crippen LogP contribution in [0.25, 0.3) is 10.6 Å². The fourth-order valence-electron chi connectivity index (χ4n) is 2.48. The quantitative estimate of drug-likeness (QED) is 0.727. The Kier molecular flexibility index (Phi) is 5.46. The number of hydrogen-bond acceptors (Lipinski definition) is 4. The summed E-state index contributed by atoms with van der Waals surface area (Å²) >= 11 is 1.59. The van der Waals surface area contributed by atoms with Crippen molar-refractivity contribution in [2.75, 3.05) is 13.7 Å². The van der Waals surface area contributed by atoms with Crippen LogP contribution in [0.2, 0.25) is 0 Å². The Morgan fingerprint density at radius 2 is 1.92 bits per heavy atom. The van der Waals surface area contributed by atoms with Gasteiger partial charge < -0.3 is 10.1 Å². The lowest BCUT2D eigenvalue weighted by Crippen LogP contribution is -2.25. The maximum absolute atomic E-state index is 12.1. The van der Waals surface area contributed by atoms with Gasteiger partial charge in [0.1, 0.15) is 10.8 Å². The smallest absolute Gasteiger partial charge is 0.251 e. The van der Waals surface area contributed by atoms with Gasteiger partial charge in [0.2, 0.25) is 0 Å². The van der Waals surface area contributed by atoms with Crippen molar-refractivity contribution in [2.45, 2.75) is 13.3 Å². The average molecular weight is 352 g/mol. The first kappa shape index (κ1) is 17.2. The number of carbonyl (C=O) groups is 1. The van der Waals surface area contributed by atoms with E-state index in [9.17, 15) is 4.79 Å². The summed E-state index contributed by atoms with van der Waals surface area (Å²) in [6.07, 6.45) is 0.698. The number of ether oxygens (including phenoxy) is 1. The van der Waals surface area contributed by atoms with E-state index in [1.165, 1.54) is 0 Å². The van der Waals surface area contributed by atoms with Gasteiger partial charge in [0, 0.05) is 23.9 Å². The van der Waals surface area contributed by atoms with E-state index >= 15 is 0 Å². The number of carbonyl (C=O) groups excluding carboxylic acids is 1. The Morgan fingerprint density at radius 1 is 1.16 bits per heavy atom. The molecule has 0 unspecified atom stereocenters. The molecule has 0 saturated heterocycles. The summed E-state index contributed by atoms with van der Waals surface area (Å²) in [5, 5.41) is 5.90. The van der Waals surface area contributed by atoms with Crippen LogP contribution in [-0.2, 0) is 6.42 Å². The van der Waals surface area contributed by atoms with Crippen LogP contribution in [0.4, 0.5) is 0 Å². The third-order valence-corrected chi connectivity index (χ3v) is 4.79. The Hall–Kier alpha value is -2.66. The molecular weight excluding hydrogens is 332 g/mol. The van der Waals surface area contributed by atoms with E-state index in [1.807, 2.05) is 60.8 Å². The monoisotopic (exact) mass is 352 g/mol. The van der Waals surface area contributed by atoms with Crippen LogP contribution >= 0.6 is 11.3 Å². The van der Waals surface area contributed by atoms with Crippen molar-refractivity contribution in [1.29, 1.82) is 0 Å². The molecule has 128 valence electrons. The molecule has 0 aliphatic rings. The molecule has 0 bridgehead atoms. The van der Waals surface area contributed by atoms with Gasteiger partial charge in [-0.15, -0.1) is 11.3 Å². The molecule has 1 aromatic heterocycles. The lowest BCUT2D eigenvalue weighted by atomic mass is 10.1. The summed E-state index contributed by atoms with van der Waals surface area (Å²) in [5.74, 6) is 0.760. The predicted octanol–water partition coefficient (Wildman–Crippen LogP) is 4.10. The molecule has 0 atom stereocenters. The van der Waals surface area contributed by atoms with Gasteiger partial charge in [-0.2, -0.15) is 0 Å². The van der Waals surface area contributed by atoms with Crippen molar-refractivity contribution < 1.29 is 9.53 Å². The second kappa shape index (κ2) is 7.94. The number of nitrogens with zero attached hydrogens (tertiary/aromatic N) is 1. The first-order chi connectivity index (χ1) is 12.2. The summed E-state index contributed by atoms with van der Waals surface area (Å²) < 4.78 is 5.39. The number of para-hydroxylation sites is 1. The van der Waals surface area contributed by atoms with Crippen molar-refractivity contribution >= 4 is 17.2 Å². The zero-order valence-electron chi connectivity index (χ0n) is 14.3. The van der Waals surface area contributed by atoms with Crippen LogP contribution in [0, 0.1) is 6.92 Å². The molecule has 3 rings (SSSR count). The molecule has 5 heteroatoms. The van der Waals surface area contributed by atoms with E-state index in [2.05, 4.69) is 10.3 Å². The van der Waals surface area contributed by atoms with Gasteiger partial charge in [0.05, 0.1) is 18.4 Å². The van der Waals surface area contributed by atoms with Crippen LogP contribution in [-0.4, -0.2) is 24.5 Å². The van der Waals surface area contributed by atoms with Crippen molar-refractivity contribution in [3.8, 4) is 16.3 Å². The highest BCUT2D eigenvalue weighted by atomic mass is 32.1. The minimum absolute atomic E-state index is 0.0554. The van der Waals surface area contributed by atoms with E-state index in [4.69, 9.17) is 4.74 Å². The standard InChI is InChI=1S/C20H20N2O2S/c1-14-7-9-15(10-8-14)19(23)21-12-11-16-13-25-20(22-16)17-5-3-4-6-18(17)24-2/h3-10,13H,11-12H2,1-2H3,(H,21,23). The van der Waals surface area contributed by atoms with Gasteiger partial charge in [-0.25, -0.2) is 4.98 Å². The Morgan fingerprint density at radius 3 is 2.68 bits per heavy atom. The van der Waals surface area contributed by atoms with Crippen molar-refractivity contribution in [3.63, 3.8) is 0 Å². The van der Waals surface area contributed by atoms with E-state index in [0.29, 0.717) is 18.5 Å². The van der Waals surface area contributed by atoms with E-state index in [0.717, 1.165) is 27.6 Å². The molecule has 0 spiro atoms. The lowest BCUT2D eigenvalue weighted by Gasteiger charge is -2.05. The lowest BCUT2D eigenvalue weighted by molar-refractivity contribution is 0.0954. The maximum Gasteiger partial charge on any atom is 0.251 e. The molecule has 4 nitrogen and oxygen atoms in total. The summed E-state index contributed by atoms with van der Waals surface area (Å²) in [6, 6.07) is 15.4. The summed E-state index contributed by atoms with van der Waals surface area (Å²) in [7, 11) is 1.66. The average Bonchev–Trinajstić information content (AvgIpc) is 3.11. The molecule has 1 N–H and O–H groups in total. The number of aromatic nitrogens is 1. The maximum atomic E-state index is 12.1. The zero-order chi connectivity index (χ0) is 17.6. The van der Waals surface area contributed by atoms with Crippen LogP contribution in [0.15, 0.2) is 53.9 Å². The summed E-state index contributed by atoms with van der Waals surface area (Å²) in [6.45, 7) is 2.56. The molecule has 1 amide bonds. The normalized spacial score (nSPS) is 10.5. The Balaban J connectivity index is 1.59. The highest BCUT2D eigenvalue weighted by Gasteiger charge is 2.10. The van der Waals surface area contributed by atoms with E-state index in [1.54, 1.807) is 18.4 Å². The number of rotatable bonds is 6. The van der Waals surface area contributed by atoms with Gasteiger partial charge in [0.25, 0.3) is 5.91 Å². The first-order valence-electron chi connectivity index (χ1n) is 8.10. The number of hydrogen-bond donors (Lipinski definition) is 1. The van der Waals surface area contributed by atoms with Gasteiger partial charge in [-0.3, -0.25) is 4.79 Å². The van der Waals surface area contributed by atoms with Crippen LogP contribution in [0.3, 0.4) is 0 Å². The zero-order valence-corrected chi connectivity index (χ0v) is 15.1. The number of nitrogens with one attached hydrogen (secondary N) is 1. The minimum atomic E-state index is -0.0554. The Labute approximate surface area is 151 Å². The predicted molar refractivity (Wildman–Crippen MR) is 101 cm³/mol. The molecule has 0 aliphatic carbocycles. The first-order valence-corrected chi connectivity index (χ1v) is 8.98. The van der Waals surface area contributed by atoms with Crippen molar-refractivity contribution in [1.82, 2.24) is 10.3 Å². The number of methoxy groups -OCH3 is 1. The third-order valence-electron chi connectivity index (χ3n) is 3.87. The largest absolute Gasteiger partial charge is 0.496 e. The minimum Gasteiger partial charge on any atom is -0.496 e. The van der Waals surface area contributed by atoms with Crippen LogP contribution in [0.1, 0.15) is 21.6 Å². The van der Waals surface area contributed by atoms with Gasteiger partial charge in [-0.05, 0) is 31.2 Å². The number of thiazole rings is 1. The molecule has 2 aromatic carbocycles. The van der Waals surface area contributed by atoms with Crippen LogP contribution in [0.5, 0.6) is 5.75 Å². The topological polar surface area (TPSA) is 51.2 Å². The number of benzene rings is 2. The number of amides is 1. The molecule has 25 heavy (non-hydrogen) atoms. The second-order valence-electron chi connectivity index (χ2n) is 5.72. The SMILES string of the molecule is COc1ccccc1-c1nc(CCNC(=O)c2ccc(C)cc2)cs1. The third kappa shape index (κ3) is 4.25. The summed E-state index contributed by atoms with van der Waals surface area (Å²) in [5.41, 5.74) is 3.78. The number of aryl methyl sites for hydroxylation is 1. The molecule has 0 saturated carbocycles.